The predicted octanol–water partition coefficient (Wildman–Crippen LogP) is 3.03. The number of carbonyl (C=O) groups is 2. The molecule has 0 bridgehead atoms. The summed E-state index contributed by atoms with van der Waals surface area (Å²) in [5.41, 5.74) is -0.231. The minimum atomic E-state index is -4.68. The first kappa shape index (κ1) is 23.9. The average molecular weight is 474 g/mol. The monoisotopic (exact) mass is 474 g/mol. The third-order valence-corrected chi connectivity index (χ3v) is 4.29. The summed E-state index contributed by atoms with van der Waals surface area (Å²) in [5, 5.41) is 8.87. The minimum Gasteiger partial charge on any atom is -0.352 e. The molecule has 0 radical (unpaired) electrons. The van der Waals surface area contributed by atoms with Gasteiger partial charge in [-0.15, -0.1) is 0 Å². The van der Waals surface area contributed by atoms with Gasteiger partial charge in [-0.2, -0.15) is 31.4 Å². The highest BCUT2D eigenvalue weighted by Gasteiger charge is 2.33. The first-order valence-corrected chi connectivity index (χ1v) is 9.39. The van der Waals surface area contributed by atoms with Crippen LogP contribution in [0.3, 0.4) is 0 Å². The van der Waals surface area contributed by atoms with Gasteiger partial charge in [-0.3, -0.25) is 14.6 Å². The number of fused-ring (bicyclic) bond motifs is 1. The maximum absolute atomic E-state index is 12.7. The number of nitrogens with one attached hydrogen (secondary N) is 2. The van der Waals surface area contributed by atoms with Gasteiger partial charge in [-0.25, -0.2) is 9.50 Å². The molecule has 3 heterocycles. The van der Waals surface area contributed by atoms with E-state index < -0.39 is 42.7 Å². The summed E-state index contributed by atoms with van der Waals surface area (Å²) in [5.74, 6) is -1.51. The van der Waals surface area contributed by atoms with Gasteiger partial charge in [0.2, 0.25) is 5.91 Å². The molecular formula is C19H16F6N6O2. The lowest BCUT2D eigenvalue weighted by Crippen LogP contribution is -2.24. The second-order valence-electron chi connectivity index (χ2n) is 6.90. The Labute approximate surface area is 182 Å². The molecule has 0 aromatic carbocycles. The number of amides is 2. The molecule has 0 aliphatic carbocycles. The molecule has 0 aliphatic heterocycles. The van der Waals surface area contributed by atoms with Crippen molar-refractivity contribution in [1.82, 2.24) is 30.2 Å². The Balaban J connectivity index is 1.58. The lowest BCUT2D eigenvalue weighted by Gasteiger charge is -2.07. The molecule has 2 N–H and O–H groups in total. The third-order valence-electron chi connectivity index (χ3n) is 4.29. The maximum Gasteiger partial charge on any atom is 0.433 e. The number of rotatable bonds is 7. The zero-order valence-electron chi connectivity index (χ0n) is 16.7. The second kappa shape index (κ2) is 9.42. The molecule has 33 heavy (non-hydrogen) atoms. The van der Waals surface area contributed by atoms with Gasteiger partial charge in [0.25, 0.3) is 5.91 Å². The van der Waals surface area contributed by atoms with Crippen molar-refractivity contribution < 1.29 is 35.9 Å². The second-order valence-corrected chi connectivity index (χ2v) is 6.90. The van der Waals surface area contributed by atoms with Crippen LogP contribution in [0.1, 0.15) is 40.2 Å². The van der Waals surface area contributed by atoms with E-state index in [-0.39, 0.29) is 18.7 Å². The van der Waals surface area contributed by atoms with E-state index in [9.17, 15) is 35.9 Å². The van der Waals surface area contributed by atoms with Crippen molar-refractivity contribution >= 4 is 17.5 Å². The Bertz CT molecular complexity index is 1160. The van der Waals surface area contributed by atoms with Crippen LogP contribution in [0.4, 0.5) is 26.3 Å². The third kappa shape index (κ3) is 6.89. The minimum absolute atomic E-state index is 0.0529. The van der Waals surface area contributed by atoms with Crippen molar-refractivity contribution in [1.29, 1.82) is 0 Å². The Morgan fingerprint density at radius 3 is 2.48 bits per heavy atom. The van der Waals surface area contributed by atoms with Crippen molar-refractivity contribution in [2.24, 2.45) is 0 Å². The van der Waals surface area contributed by atoms with Crippen LogP contribution in [0.2, 0.25) is 0 Å². The van der Waals surface area contributed by atoms with E-state index in [0.29, 0.717) is 23.0 Å². The maximum atomic E-state index is 12.7. The van der Waals surface area contributed by atoms with Crippen molar-refractivity contribution in [2.75, 3.05) is 0 Å². The molecule has 8 nitrogen and oxygen atoms in total. The molecule has 0 unspecified atom stereocenters. The van der Waals surface area contributed by atoms with Crippen LogP contribution in [0.5, 0.6) is 0 Å². The van der Waals surface area contributed by atoms with E-state index in [0.717, 1.165) is 12.3 Å². The number of hydrogen-bond donors (Lipinski definition) is 2. The lowest BCUT2D eigenvalue weighted by molar-refractivity contribution is -0.144. The average Bonchev–Trinajstić information content (AvgIpc) is 3.15. The summed E-state index contributed by atoms with van der Waals surface area (Å²) in [6, 6.07) is 3.32. The van der Waals surface area contributed by atoms with E-state index >= 15 is 0 Å². The molecule has 0 saturated carbocycles. The van der Waals surface area contributed by atoms with Gasteiger partial charge in [0.15, 0.2) is 5.65 Å². The number of hydrogen-bond acceptors (Lipinski definition) is 5. The first-order valence-electron chi connectivity index (χ1n) is 9.39. The van der Waals surface area contributed by atoms with Gasteiger partial charge in [0, 0.05) is 24.7 Å². The molecule has 3 aromatic rings. The Morgan fingerprint density at radius 2 is 1.79 bits per heavy atom. The van der Waals surface area contributed by atoms with Gasteiger partial charge >= 0.3 is 12.4 Å². The molecule has 0 fully saturated rings. The number of halogens is 6. The van der Waals surface area contributed by atoms with E-state index in [1.165, 1.54) is 16.9 Å². The summed E-state index contributed by atoms with van der Waals surface area (Å²) in [6.07, 6.45) is -7.25. The van der Waals surface area contributed by atoms with Crippen molar-refractivity contribution in [3.8, 4) is 0 Å². The number of nitrogens with zero attached hydrogens (tertiary/aromatic N) is 4. The highest BCUT2D eigenvalue weighted by atomic mass is 19.4. The number of imidazole rings is 1. The Morgan fingerprint density at radius 1 is 1.03 bits per heavy atom. The van der Waals surface area contributed by atoms with Gasteiger partial charge in [0.1, 0.15) is 5.69 Å². The number of alkyl halides is 6. The number of pyridine rings is 1. The largest absolute Gasteiger partial charge is 0.433 e. The molecule has 14 heteroatoms. The Hall–Kier alpha value is -3.71. The van der Waals surface area contributed by atoms with Gasteiger partial charge in [0.05, 0.1) is 31.1 Å². The number of aromatic nitrogens is 4. The Kier molecular flexibility index (Phi) is 6.84. The van der Waals surface area contributed by atoms with Crippen LogP contribution in [-0.4, -0.2) is 37.6 Å². The van der Waals surface area contributed by atoms with Crippen molar-refractivity contribution in [3.63, 3.8) is 0 Å². The van der Waals surface area contributed by atoms with Crippen LogP contribution in [-0.2, 0) is 24.1 Å². The highest BCUT2D eigenvalue weighted by molar-refractivity contribution is 5.94. The first-order chi connectivity index (χ1) is 15.4. The standard InChI is InChI=1S/C19H16F6N6O2/c20-18(21,22)3-1-16(32)27-7-11-5-15-30-13(10-31(15)29-8-11)9-28-17(33)12-2-4-26-14(6-12)19(23,24)25/h2,4-6,8,10H,1,3,7,9H2,(H,27,32)(H,28,33). The highest BCUT2D eigenvalue weighted by Crippen LogP contribution is 2.27. The summed E-state index contributed by atoms with van der Waals surface area (Å²) >= 11 is 0. The van der Waals surface area contributed by atoms with E-state index in [2.05, 4.69) is 25.7 Å². The fraction of sp³-hybridized carbons (Fsp3) is 0.316. The zero-order valence-corrected chi connectivity index (χ0v) is 16.7. The van der Waals surface area contributed by atoms with E-state index in [1.54, 1.807) is 6.07 Å². The van der Waals surface area contributed by atoms with E-state index in [1.807, 2.05) is 0 Å². The normalized spacial score (nSPS) is 12.1. The van der Waals surface area contributed by atoms with Crippen LogP contribution < -0.4 is 10.6 Å². The topological polar surface area (TPSA) is 101 Å². The molecule has 3 aromatic heterocycles. The molecule has 0 aliphatic rings. The lowest BCUT2D eigenvalue weighted by atomic mass is 10.2. The summed E-state index contributed by atoms with van der Waals surface area (Å²) in [7, 11) is 0. The van der Waals surface area contributed by atoms with Crippen LogP contribution in [0.15, 0.2) is 36.8 Å². The smallest absolute Gasteiger partial charge is 0.352 e. The van der Waals surface area contributed by atoms with Gasteiger partial charge < -0.3 is 10.6 Å². The number of carbonyl (C=O) groups excluding carboxylic acids is 2. The van der Waals surface area contributed by atoms with Crippen molar-refractivity contribution in [2.45, 2.75) is 38.3 Å². The molecule has 0 atom stereocenters. The van der Waals surface area contributed by atoms with Crippen LogP contribution in [0, 0.1) is 0 Å². The van der Waals surface area contributed by atoms with Crippen molar-refractivity contribution in [3.05, 3.63) is 59.3 Å². The molecule has 0 saturated heterocycles. The molecule has 176 valence electrons. The summed E-state index contributed by atoms with van der Waals surface area (Å²) < 4.78 is 76.0. The fourth-order valence-corrected chi connectivity index (χ4v) is 2.69. The quantitative estimate of drug-likeness (QED) is 0.513. The molecule has 3 rings (SSSR count). The zero-order chi connectivity index (χ0) is 24.2. The SMILES string of the molecule is O=C(CCC(F)(F)F)NCc1cnn2cc(CNC(=O)c3ccnc(C(F)(F)F)c3)nc2c1. The van der Waals surface area contributed by atoms with Gasteiger partial charge in [-0.1, -0.05) is 0 Å². The summed E-state index contributed by atoms with van der Waals surface area (Å²) in [4.78, 5) is 31.1. The molecule has 2 amide bonds. The summed E-state index contributed by atoms with van der Waals surface area (Å²) in [6.45, 7) is -0.155. The predicted molar refractivity (Wildman–Crippen MR) is 101 cm³/mol. The van der Waals surface area contributed by atoms with E-state index in [4.69, 9.17) is 0 Å². The molecule has 0 spiro atoms. The van der Waals surface area contributed by atoms with Crippen LogP contribution >= 0.6 is 0 Å². The van der Waals surface area contributed by atoms with Crippen LogP contribution in [0.25, 0.3) is 5.65 Å². The fourth-order valence-electron chi connectivity index (χ4n) is 2.69. The van der Waals surface area contributed by atoms with Gasteiger partial charge in [-0.05, 0) is 23.8 Å². The molecular weight excluding hydrogens is 458 g/mol.